The third-order valence-electron chi connectivity index (χ3n) is 7.13. The van der Waals surface area contributed by atoms with Gasteiger partial charge in [-0.05, 0) is 74.5 Å². The molecule has 0 bridgehead atoms. The van der Waals surface area contributed by atoms with Crippen LogP contribution in [0.4, 0.5) is 13.2 Å². The zero-order valence-electron chi connectivity index (χ0n) is 20.2. The lowest BCUT2D eigenvalue weighted by Crippen LogP contribution is -2.42. The lowest BCUT2D eigenvalue weighted by atomic mass is 9.74. The van der Waals surface area contributed by atoms with E-state index < -0.39 is 17.8 Å². The molecule has 9 heteroatoms. The Labute approximate surface area is 218 Å². The van der Waals surface area contributed by atoms with E-state index >= 15 is 4.39 Å². The summed E-state index contributed by atoms with van der Waals surface area (Å²) < 4.78 is 48.5. The van der Waals surface area contributed by atoms with Crippen molar-refractivity contribution in [1.29, 1.82) is 0 Å². The molecule has 1 aliphatic rings. The number of fused-ring (bicyclic) bond motifs is 1. The first kappa shape index (κ1) is 27.0. The highest BCUT2D eigenvalue weighted by Gasteiger charge is 2.35. The minimum Gasteiger partial charge on any atom is -0.497 e. The molecule has 1 atom stereocenters. The number of hydrogen-bond donors (Lipinski definition) is 1. The topological polar surface area (TPSA) is 45.6 Å². The largest absolute Gasteiger partial charge is 0.497 e. The molecule has 3 aromatic rings. The number of pyridine rings is 1. The van der Waals surface area contributed by atoms with Crippen molar-refractivity contribution in [3.8, 4) is 5.75 Å². The van der Waals surface area contributed by atoms with Crippen molar-refractivity contribution >= 4 is 34.3 Å². The molecule has 0 aliphatic carbocycles. The Morgan fingerprint density at radius 2 is 1.92 bits per heavy atom. The number of thioether (sulfide) groups is 1. The number of piperidine rings is 1. The predicted molar refractivity (Wildman–Crippen MR) is 139 cm³/mol. The van der Waals surface area contributed by atoms with Crippen LogP contribution in [-0.4, -0.2) is 54.1 Å². The summed E-state index contributed by atoms with van der Waals surface area (Å²) in [5.41, 5.74) is 0.693. The molecular weight excluding hydrogens is 509 g/mol. The van der Waals surface area contributed by atoms with Crippen LogP contribution in [-0.2, 0) is 0 Å². The lowest BCUT2D eigenvalue weighted by molar-refractivity contribution is 0.0323. The monoisotopic (exact) mass is 538 g/mol. The molecule has 4 nitrogen and oxygen atoms in total. The summed E-state index contributed by atoms with van der Waals surface area (Å²) in [5.74, 6) is 0.0850. The van der Waals surface area contributed by atoms with E-state index in [0.29, 0.717) is 40.9 Å². The number of benzene rings is 2. The Morgan fingerprint density at radius 1 is 1.19 bits per heavy atom. The van der Waals surface area contributed by atoms with Crippen molar-refractivity contribution in [1.82, 2.24) is 9.88 Å². The summed E-state index contributed by atoms with van der Waals surface area (Å²) in [6.45, 7) is 2.16. The molecule has 0 spiro atoms. The van der Waals surface area contributed by atoms with Crippen molar-refractivity contribution in [2.75, 3.05) is 39.1 Å². The molecule has 1 N–H and O–H groups in total. The summed E-state index contributed by atoms with van der Waals surface area (Å²) in [5, 5.41) is 11.1. The average Bonchev–Trinajstić information content (AvgIpc) is 2.89. The molecule has 0 radical (unpaired) electrons. The van der Waals surface area contributed by atoms with Gasteiger partial charge in [0.15, 0.2) is 0 Å². The number of aliphatic hydroxyl groups excluding tert-OH is 1. The maximum absolute atomic E-state index is 15.6. The molecule has 194 valence electrons. The second-order valence-corrected chi connectivity index (χ2v) is 10.8. The number of ether oxygens (including phenoxy) is 1. The summed E-state index contributed by atoms with van der Waals surface area (Å²) in [6, 6.07) is 9.20. The van der Waals surface area contributed by atoms with Crippen LogP contribution < -0.4 is 4.74 Å². The number of aliphatic hydroxyl groups is 1. The maximum atomic E-state index is 15.6. The van der Waals surface area contributed by atoms with Crippen LogP contribution in [0.2, 0.25) is 5.02 Å². The first-order valence-corrected chi connectivity index (χ1v) is 13.4. The van der Waals surface area contributed by atoms with Crippen LogP contribution in [0.15, 0.2) is 47.5 Å². The highest BCUT2D eigenvalue weighted by Crippen LogP contribution is 2.42. The first-order chi connectivity index (χ1) is 17.4. The van der Waals surface area contributed by atoms with Gasteiger partial charge in [0.2, 0.25) is 0 Å². The Hall–Kier alpha value is -2.00. The van der Waals surface area contributed by atoms with Crippen molar-refractivity contribution in [2.24, 2.45) is 5.41 Å². The number of methoxy groups -OCH3 is 1. The fourth-order valence-corrected chi connectivity index (χ4v) is 6.06. The average molecular weight is 539 g/mol. The van der Waals surface area contributed by atoms with Crippen LogP contribution in [0.5, 0.6) is 5.75 Å². The number of likely N-dealkylation sites (tertiary alicyclic amines) is 1. The number of nitrogens with zero attached hydrogens (tertiary/aromatic N) is 2. The Kier molecular flexibility index (Phi) is 9.04. The fourth-order valence-electron chi connectivity index (χ4n) is 4.83. The third-order valence-corrected chi connectivity index (χ3v) is 8.50. The molecule has 1 aliphatic heterocycles. The number of rotatable bonds is 10. The molecule has 1 aromatic heterocycles. The van der Waals surface area contributed by atoms with Crippen LogP contribution in [0.1, 0.15) is 37.4 Å². The van der Waals surface area contributed by atoms with E-state index in [-0.39, 0.29) is 28.4 Å². The molecule has 0 unspecified atom stereocenters. The molecule has 1 saturated heterocycles. The van der Waals surface area contributed by atoms with Gasteiger partial charge >= 0.3 is 0 Å². The first-order valence-electron chi connectivity index (χ1n) is 12.0. The third kappa shape index (κ3) is 6.10. The van der Waals surface area contributed by atoms with E-state index in [9.17, 15) is 13.9 Å². The fraction of sp³-hybridized carbons (Fsp3) is 0.444. The van der Waals surface area contributed by atoms with Gasteiger partial charge < -0.3 is 14.7 Å². The molecule has 0 saturated carbocycles. The quantitative estimate of drug-likeness (QED) is 0.287. The molecule has 1 fully saturated rings. The van der Waals surface area contributed by atoms with Crippen LogP contribution in [0.25, 0.3) is 10.9 Å². The van der Waals surface area contributed by atoms with Crippen molar-refractivity contribution in [2.45, 2.75) is 36.8 Å². The van der Waals surface area contributed by atoms with Crippen molar-refractivity contribution in [3.05, 3.63) is 64.8 Å². The zero-order valence-corrected chi connectivity index (χ0v) is 21.7. The van der Waals surface area contributed by atoms with Gasteiger partial charge in [-0.1, -0.05) is 17.7 Å². The van der Waals surface area contributed by atoms with E-state index in [1.165, 1.54) is 36.2 Å². The van der Waals surface area contributed by atoms with E-state index in [0.717, 1.165) is 25.9 Å². The molecule has 0 amide bonds. The highest BCUT2D eigenvalue weighted by molar-refractivity contribution is 7.99. The normalized spacial score (nSPS) is 16.8. The van der Waals surface area contributed by atoms with Crippen LogP contribution in [0, 0.1) is 17.0 Å². The second-order valence-electron chi connectivity index (χ2n) is 9.31. The van der Waals surface area contributed by atoms with Gasteiger partial charge in [-0.3, -0.25) is 4.98 Å². The summed E-state index contributed by atoms with van der Waals surface area (Å²) >= 11 is 7.54. The smallest absolute Gasteiger partial charge is 0.139 e. The number of halogens is 4. The second kappa shape index (κ2) is 12.0. The van der Waals surface area contributed by atoms with Crippen molar-refractivity contribution < 1.29 is 23.0 Å². The molecule has 36 heavy (non-hydrogen) atoms. The van der Waals surface area contributed by atoms with Gasteiger partial charge in [-0.25, -0.2) is 13.2 Å². The van der Waals surface area contributed by atoms with Crippen molar-refractivity contribution in [3.63, 3.8) is 0 Å². The van der Waals surface area contributed by atoms with E-state index in [1.54, 1.807) is 25.3 Å². The minimum absolute atomic E-state index is 0.0125. The van der Waals surface area contributed by atoms with Gasteiger partial charge in [-0.2, -0.15) is 0 Å². The Morgan fingerprint density at radius 3 is 2.58 bits per heavy atom. The standard InChI is InChI=1S/C27H30ClF3N2O2S/c1-35-18-5-6-24-19(15-18)25(20(28)16-32-24)21(29)7-8-27(17-34)9-11-33(12-10-27)13-14-36-26-22(30)3-2-4-23(26)31/h2-6,15-16,21,34H,7-14,17H2,1H3/t21-/m1/s1. The van der Waals surface area contributed by atoms with Gasteiger partial charge in [0.05, 0.1) is 22.5 Å². The lowest BCUT2D eigenvalue weighted by Gasteiger charge is -2.41. The summed E-state index contributed by atoms with van der Waals surface area (Å²) in [4.78, 5) is 6.58. The number of hydrogen-bond acceptors (Lipinski definition) is 5. The predicted octanol–water partition coefficient (Wildman–Crippen LogP) is 6.83. The molecular formula is C27H30ClF3N2O2S. The minimum atomic E-state index is -1.30. The molecule has 2 heterocycles. The molecule has 4 rings (SSSR count). The summed E-state index contributed by atoms with van der Waals surface area (Å²) in [7, 11) is 1.56. The Balaban J connectivity index is 1.34. The van der Waals surface area contributed by atoms with E-state index in [4.69, 9.17) is 16.3 Å². The van der Waals surface area contributed by atoms with E-state index in [2.05, 4.69) is 9.88 Å². The van der Waals surface area contributed by atoms with Gasteiger partial charge in [0.1, 0.15) is 23.6 Å². The maximum Gasteiger partial charge on any atom is 0.139 e. The van der Waals surface area contributed by atoms with Gasteiger partial charge in [0.25, 0.3) is 0 Å². The SMILES string of the molecule is COc1ccc2ncc(Cl)c([C@H](F)CCC3(CO)CCN(CCSc4c(F)cccc4F)CC3)c2c1. The zero-order chi connectivity index (χ0) is 25.7. The highest BCUT2D eigenvalue weighted by atomic mass is 35.5. The van der Waals surface area contributed by atoms with Crippen LogP contribution >= 0.6 is 23.4 Å². The number of aromatic nitrogens is 1. The van der Waals surface area contributed by atoms with Gasteiger partial charge in [0, 0.05) is 36.1 Å². The van der Waals surface area contributed by atoms with E-state index in [1.807, 2.05) is 0 Å². The molecule has 2 aromatic carbocycles. The Bertz CT molecular complexity index is 1170. The number of alkyl halides is 1. The van der Waals surface area contributed by atoms with Crippen LogP contribution in [0.3, 0.4) is 0 Å². The summed E-state index contributed by atoms with van der Waals surface area (Å²) in [6.07, 6.45) is 2.39. The van der Waals surface area contributed by atoms with Gasteiger partial charge in [-0.15, -0.1) is 11.8 Å².